The van der Waals surface area contributed by atoms with Crippen LogP contribution >= 0.6 is 11.8 Å². The zero-order valence-corrected chi connectivity index (χ0v) is 18.1. The van der Waals surface area contributed by atoms with E-state index in [4.69, 9.17) is 4.74 Å². The molecule has 0 radical (unpaired) electrons. The van der Waals surface area contributed by atoms with E-state index in [1.54, 1.807) is 13.0 Å². The number of thioether (sulfide) groups is 1. The number of halogens is 2. The summed E-state index contributed by atoms with van der Waals surface area (Å²) in [4.78, 5) is 24.8. The Hall–Kier alpha value is -3.64. The molecule has 2 N–H and O–H groups in total. The Morgan fingerprint density at radius 3 is 2.50 bits per heavy atom. The van der Waals surface area contributed by atoms with Crippen LogP contribution in [0.4, 0.5) is 14.5 Å². The number of rotatable bonds is 6. The molecule has 0 fully saturated rings. The number of ether oxygens (including phenoxy) is 1. The molecule has 1 amide bonds. The second-order valence-electron chi connectivity index (χ2n) is 6.81. The zero-order chi connectivity index (χ0) is 23.3. The van der Waals surface area contributed by atoms with Gasteiger partial charge in [0.15, 0.2) is 0 Å². The number of nitrogens with one attached hydrogen (secondary N) is 2. The standard InChI is InChI=1S/C23H19F2N3O3S/c1-13-20(23(30)31-2)21(16-5-3-4-6-18(16)25)17(11-26)22(27-13)32-12-19(29)28-15-9-7-14(24)8-10-15/h3-10,21,27H,12H2,1-2H3,(H,28,29)/t21-/m0/s1. The van der Waals surface area contributed by atoms with Gasteiger partial charge in [-0.05, 0) is 37.3 Å². The highest BCUT2D eigenvalue weighted by molar-refractivity contribution is 8.03. The van der Waals surface area contributed by atoms with Crippen LogP contribution in [0, 0.1) is 23.0 Å². The SMILES string of the molecule is COC(=O)C1=C(C)NC(SCC(=O)Nc2ccc(F)cc2)=C(C#N)[C@@H]1c1ccccc1F. The van der Waals surface area contributed by atoms with Crippen LogP contribution < -0.4 is 10.6 Å². The molecular weight excluding hydrogens is 436 g/mol. The minimum absolute atomic E-state index is 0.0737. The van der Waals surface area contributed by atoms with Gasteiger partial charge in [0.05, 0.1) is 41.0 Å². The summed E-state index contributed by atoms with van der Waals surface area (Å²) in [6.45, 7) is 1.62. The average molecular weight is 455 g/mol. The second-order valence-corrected chi connectivity index (χ2v) is 7.79. The number of dihydropyridines is 1. The van der Waals surface area contributed by atoms with E-state index in [0.29, 0.717) is 16.4 Å². The predicted molar refractivity (Wildman–Crippen MR) is 117 cm³/mol. The average Bonchev–Trinajstić information content (AvgIpc) is 2.78. The predicted octanol–water partition coefficient (Wildman–Crippen LogP) is 4.21. The lowest BCUT2D eigenvalue weighted by atomic mass is 9.82. The number of benzene rings is 2. The topological polar surface area (TPSA) is 91.2 Å². The number of nitrogens with zero attached hydrogens (tertiary/aromatic N) is 1. The first-order valence-corrected chi connectivity index (χ1v) is 10.5. The van der Waals surface area contributed by atoms with Crippen molar-refractivity contribution >= 4 is 29.3 Å². The maximum absolute atomic E-state index is 14.6. The molecule has 1 aliphatic rings. The first-order chi connectivity index (χ1) is 15.3. The number of methoxy groups -OCH3 is 1. The molecule has 0 saturated heterocycles. The van der Waals surface area contributed by atoms with Crippen molar-refractivity contribution < 1.29 is 23.1 Å². The van der Waals surface area contributed by atoms with Crippen molar-refractivity contribution in [1.82, 2.24) is 5.32 Å². The molecule has 9 heteroatoms. The van der Waals surface area contributed by atoms with Crippen molar-refractivity contribution in [2.24, 2.45) is 0 Å². The van der Waals surface area contributed by atoms with Crippen LogP contribution in [0.5, 0.6) is 0 Å². The summed E-state index contributed by atoms with van der Waals surface area (Å²) in [6, 6.07) is 13.2. The van der Waals surface area contributed by atoms with Crippen LogP contribution in [-0.4, -0.2) is 24.7 Å². The molecule has 164 valence electrons. The number of anilines is 1. The van der Waals surface area contributed by atoms with Gasteiger partial charge in [0.25, 0.3) is 0 Å². The van der Waals surface area contributed by atoms with E-state index in [2.05, 4.69) is 16.7 Å². The Morgan fingerprint density at radius 2 is 1.88 bits per heavy atom. The van der Waals surface area contributed by atoms with Crippen molar-refractivity contribution in [2.45, 2.75) is 12.8 Å². The summed E-state index contributed by atoms with van der Waals surface area (Å²) in [7, 11) is 1.21. The summed E-state index contributed by atoms with van der Waals surface area (Å²) in [6.07, 6.45) is 0. The number of nitriles is 1. The van der Waals surface area contributed by atoms with E-state index < -0.39 is 23.5 Å². The Bertz CT molecular complexity index is 1150. The highest BCUT2D eigenvalue weighted by Crippen LogP contribution is 2.41. The van der Waals surface area contributed by atoms with Gasteiger partial charge in [-0.25, -0.2) is 13.6 Å². The smallest absolute Gasteiger partial charge is 0.336 e. The van der Waals surface area contributed by atoms with E-state index in [9.17, 15) is 23.6 Å². The molecule has 1 atom stereocenters. The van der Waals surface area contributed by atoms with Crippen molar-refractivity contribution in [1.29, 1.82) is 5.26 Å². The van der Waals surface area contributed by atoms with Crippen molar-refractivity contribution in [3.8, 4) is 6.07 Å². The summed E-state index contributed by atoms with van der Waals surface area (Å²) >= 11 is 1.04. The minimum atomic E-state index is -0.988. The molecule has 0 spiro atoms. The molecule has 3 rings (SSSR count). The maximum Gasteiger partial charge on any atom is 0.336 e. The van der Waals surface area contributed by atoms with Gasteiger partial charge in [0, 0.05) is 16.9 Å². The number of carbonyl (C=O) groups is 2. The molecule has 0 aromatic heterocycles. The van der Waals surface area contributed by atoms with Crippen LogP contribution in [0.25, 0.3) is 0 Å². The van der Waals surface area contributed by atoms with Crippen LogP contribution in [-0.2, 0) is 14.3 Å². The van der Waals surface area contributed by atoms with Gasteiger partial charge in [-0.2, -0.15) is 5.26 Å². The van der Waals surface area contributed by atoms with Gasteiger partial charge in [-0.3, -0.25) is 4.79 Å². The first kappa shape index (κ1) is 23.0. The molecular formula is C23H19F2N3O3S. The molecule has 2 aromatic carbocycles. The summed E-state index contributed by atoms with van der Waals surface area (Å²) in [5, 5.41) is 15.8. The fourth-order valence-corrected chi connectivity index (χ4v) is 4.19. The molecule has 2 aromatic rings. The molecule has 1 aliphatic heterocycles. The Morgan fingerprint density at radius 1 is 1.19 bits per heavy atom. The van der Waals surface area contributed by atoms with Crippen molar-refractivity contribution in [2.75, 3.05) is 18.2 Å². The molecule has 32 heavy (non-hydrogen) atoms. The third-order valence-electron chi connectivity index (χ3n) is 4.74. The van der Waals surface area contributed by atoms with E-state index in [-0.39, 0.29) is 28.4 Å². The molecule has 0 saturated carbocycles. The molecule has 6 nitrogen and oxygen atoms in total. The quantitative estimate of drug-likeness (QED) is 0.635. The molecule has 0 unspecified atom stereocenters. The monoisotopic (exact) mass is 455 g/mol. The highest BCUT2D eigenvalue weighted by Gasteiger charge is 2.36. The molecule has 1 heterocycles. The molecule has 0 aliphatic carbocycles. The van der Waals surface area contributed by atoms with Gasteiger partial charge in [-0.15, -0.1) is 0 Å². The Kier molecular flexibility index (Phi) is 7.28. The van der Waals surface area contributed by atoms with Gasteiger partial charge < -0.3 is 15.4 Å². The normalized spacial score (nSPS) is 15.7. The number of hydrogen-bond donors (Lipinski definition) is 2. The number of amides is 1. The highest BCUT2D eigenvalue weighted by atomic mass is 32.2. The van der Waals surface area contributed by atoms with Crippen LogP contribution in [0.3, 0.4) is 0 Å². The Balaban J connectivity index is 1.90. The van der Waals surface area contributed by atoms with Crippen molar-refractivity contribution in [3.05, 3.63) is 87.6 Å². The fourth-order valence-electron chi connectivity index (χ4n) is 3.30. The summed E-state index contributed by atoms with van der Waals surface area (Å²) in [5.74, 6) is -3.12. The number of hydrogen-bond acceptors (Lipinski definition) is 6. The Labute approximate surface area is 188 Å². The zero-order valence-electron chi connectivity index (χ0n) is 17.2. The summed E-state index contributed by atoms with van der Waals surface area (Å²) in [5.41, 5.74) is 1.19. The van der Waals surface area contributed by atoms with Crippen LogP contribution in [0.15, 0.2) is 70.4 Å². The second kappa shape index (κ2) is 10.1. The van der Waals surface area contributed by atoms with Gasteiger partial charge in [0.2, 0.25) is 5.91 Å². The third kappa shape index (κ3) is 4.98. The van der Waals surface area contributed by atoms with Crippen molar-refractivity contribution in [3.63, 3.8) is 0 Å². The van der Waals surface area contributed by atoms with Crippen LogP contribution in [0.1, 0.15) is 18.4 Å². The molecule has 0 bridgehead atoms. The number of carbonyl (C=O) groups excluding carboxylic acids is 2. The number of allylic oxidation sites excluding steroid dienone is 2. The summed E-state index contributed by atoms with van der Waals surface area (Å²) < 4.78 is 32.5. The first-order valence-electron chi connectivity index (χ1n) is 9.48. The lowest BCUT2D eigenvalue weighted by Gasteiger charge is -2.29. The van der Waals surface area contributed by atoms with Crippen LogP contribution in [0.2, 0.25) is 0 Å². The van der Waals surface area contributed by atoms with E-state index in [1.807, 2.05) is 0 Å². The lowest BCUT2D eigenvalue weighted by molar-refractivity contribution is -0.136. The van der Waals surface area contributed by atoms with E-state index >= 15 is 0 Å². The third-order valence-corrected chi connectivity index (χ3v) is 5.76. The van der Waals surface area contributed by atoms with E-state index in [0.717, 1.165) is 11.8 Å². The van der Waals surface area contributed by atoms with Gasteiger partial charge in [0.1, 0.15) is 11.6 Å². The van der Waals surface area contributed by atoms with Gasteiger partial charge >= 0.3 is 5.97 Å². The number of esters is 1. The minimum Gasteiger partial charge on any atom is -0.466 e. The van der Waals surface area contributed by atoms with E-state index in [1.165, 1.54) is 49.6 Å². The largest absolute Gasteiger partial charge is 0.466 e. The maximum atomic E-state index is 14.6. The fraction of sp³-hybridized carbons (Fsp3) is 0.174. The van der Waals surface area contributed by atoms with Gasteiger partial charge in [-0.1, -0.05) is 30.0 Å². The lowest BCUT2D eigenvalue weighted by Crippen LogP contribution is -2.29.